The molecule has 2 heterocycles. The van der Waals surface area contributed by atoms with Crippen LogP contribution in [0.25, 0.3) is 16.9 Å². The lowest BCUT2D eigenvalue weighted by Gasteiger charge is -2.11. The van der Waals surface area contributed by atoms with Gasteiger partial charge in [0.2, 0.25) is 15.6 Å². The first-order valence-electron chi connectivity index (χ1n) is 5.77. The fourth-order valence-corrected chi connectivity index (χ4v) is 2.55. The lowest BCUT2D eigenvalue weighted by Crippen LogP contribution is -2.25. The van der Waals surface area contributed by atoms with Crippen LogP contribution in [-0.2, 0) is 10.0 Å². The Bertz CT molecular complexity index is 1000. The Hall–Kier alpha value is -2.72. The minimum absolute atomic E-state index is 0.0731. The van der Waals surface area contributed by atoms with Crippen LogP contribution in [0.2, 0.25) is 0 Å². The number of H-pyrrole nitrogens is 1. The summed E-state index contributed by atoms with van der Waals surface area (Å²) in [6.45, 7) is 0. The number of nitrogens with zero attached hydrogens (tertiary/aromatic N) is 3. The maximum absolute atomic E-state index is 11.4. The summed E-state index contributed by atoms with van der Waals surface area (Å²) < 4.78 is 24.1. The monoisotopic (exact) mass is 305 g/mol. The van der Waals surface area contributed by atoms with Gasteiger partial charge in [-0.1, -0.05) is 6.07 Å². The topological polar surface area (TPSA) is 157 Å². The number of primary sulfonamides is 1. The summed E-state index contributed by atoms with van der Waals surface area (Å²) in [4.78, 5) is 10.7. The number of rotatable bonds is 2. The number of hydrogen-bond acceptors (Lipinski definition) is 6. The molecule has 0 aliphatic rings. The number of fused-ring (bicyclic) bond motifs is 1. The van der Waals surface area contributed by atoms with Gasteiger partial charge in [-0.2, -0.15) is 4.98 Å². The SMILES string of the molecule is N=c1nc2nc[nH]c2c(N)n1-c1cccc(S(N)(=O)=O)c1. The molecule has 2 aromatic heterocycles. The molecule has 0 saturated carbocycles. The summed E-state index contributed by atoms with van der Waals surface area (Å²) in [5.41, 5.74) is 6.99. The van der Waals surface area contributed by atoms with Gasteiger partial charge in [0, 0.05) is 0 Å². The number of sulfonamides is 1. The highest BCUT2D eigenvalue weighted by Crippen LogP contribution is 2.19. The van der Waals surface area contributed by atoms with Crippen molar-refractivity contribution >= 4 is 27.0 Å². The second-order valence-corrected chi connectivity index (χ2v) is 5.86. The van der Waals surface area contributed by atoms with E-state index in [9.17, 15) is 8.42 Å². The maximum atomic E-state index is 11.4. The van der Waals surface area contributed by atoms with Crippen molar-refractivity contribution in [2.75, 3.05) is 5.73 Å². The predicted molar refractivity (Wildman–Crippen MR) is 74.9 cm³/mol. The molecule has 9 nitrogen and oxygen atoms in total. The second-order valence-electron chi connectivity index (χ2n) is 4.30. The minimum atomic E-state index is -3.85. The van der Waals surface area contributed by atoms with Gasteiger partial charge in [-0.05, 0) is 18.2 Å². The largest absolute Gasteiger partial charge is 0.383 e. The van der Waals surface area contributed by atoms with Crippen LogP contribution in [0.5, 0.6) is 0 Å². The van der Waals surface area contributed by atoms with Crippen molar-refractivity contribution in [1.29, 1.82) is 5.41 Å². The molecule has 3 rings (SSSR count). The molecule has 21 heavy (non-hydrogen) atoms. The molecule has 0 saturated heterocycles. The lowest BCUT2D eigenvalue weighted by molar-refractivity contribution is 0.597. The average molecular weight is 305 g/mol. The van der Waals surface area contributed by atoms with Gasteiger partial charge in [0.05, 0.1) is 16.9 Å². The summed E-state index contributed by atoms with van der Waals surface area (Å²) in [5, 5.41) is 13.0. The molecule has 0 aliphatic carbocycles. The predicted octanol–water partition coefficient (Wildman–Crippen LogP) is -0.542. The van der Waals surface area contributed by atoms with Gasteiger partial charge in [0.15, 0.2) is 5.65 Å². The number of aromatic amines is 1. The van der Waals surface area contributed by atoms with Crippen LogP contribution in [0.3, 0.4) is 0 Å². The van der Waals surface area contributed by atoms with E-state index in [1.807, 2.05) is 0 Å². The van der Waals surface area contributed by atoms with E-state index in [2.05, 4.69) is 15.0 Å². The molecule has 0 spiro atoms. The zero-order chi connectivity index (χ0) is 15.2. The molecule has 1 aromatic carbocycles. The van der Waals surface area contributed by atoms with Crippen LogP contribution in [0.1, 0.15) is 0 Å². The van der Waals surface area contributed by atoms with E-state index in [1.54, 1.807) is 6.07 Å². The summed E-state index contributed by atoms with van der Waals surface area (Å²) in [6, 6.07) is 5.81. The zero-order valence-electron chi connectivity index (χ0n) is 10.6. The molecular weight excluding hydrogens is 294 g/mol. The Morgan fingerprint density at radius 2 is 2.10 bits per heavy atom. The van der Waals surface area contributed by atoms with E-state index >= 15 is 0 Å². The fourth-order valence-electron chi connectivity index (χ4n) is 2.00. The third kappa shape index (κ3) is 2.15. The van der Waals surface area contributed by atoms with Crippen LogP contribution in [0.15, 0.2) is 35.5 Å². The molecule has 0 aliphatic heterocycles. The van der Waals surface area contributed by atoms with Crippen molar-refractivity contribution in [2.24, 2.45) is 5.14 Å². The number of nitrogen functional groups attached to an aromatic ring is 1. The highest BCUT2D eigenvalue weighted by Gasteiger charge is 2.13. The highest BCUT2D eigenvalue weighted by molar-refractivity contribution is 7.89. The van der Waals surface area contributed by atoms with E-state index in [0.29, 0.717) is 16.9 Å². The van der Waals surface area contributed by atoms with E-state index in [0.717, 1.165) is 0 Å². The van der Waals surface area contributed by atoms with Crippen LogP contribution in [0, 0.1) is 5.41 Å². The highest BCUT2D eigenvalue weighted by atomic mass is 32.2. The van der Waals surface area contributed by atoms with Crippen LogP contribution in [-0.4, -0.2) is 27.9 Å². The van der Waals surface area contributed by atoms with Crippen LogP contribution >= 0.6 is 0 Å². The molecule has 10 heteroatoms. The van der Waals surface area contributed by atoms with E-state index in [1.165, 1.54) is 29.1 Å². The molecule has 0 radical (unpaired) electrons. The van der Waals surface area contributed by atoms with Gasteiger partial charge in [-0.25, -0.2) is 18.5 Å². The van der Waals surface area contributed by atoms with Gasteiger partial charge in [-0.3, -0.25) is 9.98 Å². The number of imidazole rings is 1. The summed E-state index contributed by atoms with van der Waals surface area (Å²) in [7, 11) is -3.85. The number of benzene rings is 1. The molecule has 0 fully saturated rings. The molecular formula is C11H11N7O2S. The average Bonchev–Trinajstić information content (AvgIpc) is 2.86. The van der Waals surface area contributed by atoms with Gasteiger partial charge in [-0.15, -0.1) is 0 Å². The van der Waals surface area contributed by atoms with E-state index in [-0.39, 0.29) is 16.3 Å². The Morgan fingerprint density at radius 1 is 1.33 bits per heavy atom. The summed E-state index contributed by atoms with van der Waals surface area (Å²) in [6.07, 6.45) is 1.42. The first-order chi connectivity index (χ1) is 9.88. The van der Waals surface area contributed by atoms with Crippen molar-refractivity contribution in [3.8, 4) is 5.69 Å². The molecule has 6 N–H and O–H groups in total. The molecule has 0 unspecified atom stereocenters. The van der Waals surface area contributed by atoms with Gasteiger partial charge in [0.25, 0.3) is 0 Å². The number of anilines is 1. The van der Waals surface area contributed by atoms with E-state index in [4.69, 9.17) is 16.3 Å². The third-order valence-corrected chi connectivity index (χ3v) is 3.86. The van der Waals surface area contributed by atoms with E-state index < -0.39 is 10.0 Å². The number of hydrogen-bond donors (Lipinski definition) is 4. The Labute approximate surface area is 118 Å². The van der Waals surface area contributed by atoms with Crippen LogP contribution < -0.4 is 16.5 Å². The van der Waals surface area contributed by atoms with Gasteiger partial charge in [0.1, 0.15) is 11.3 Å². The molecule has 0 amide bonds. The summed E-state index contributed by atoms with van der Waals surface area (Å²) in [5.74, 6) is 0.203. The molecule has 0 atom stereocenters. The van der Waals surface area contributed by atoms with Crippen molar-refractivity contribution in [2.45, 2.75) is 4.90 Å². The van der Waals surface area contributed by atoms with Crippen molar-refractivity contribution < 1.29 is 8.42 Å². The second kappa shape index (κ2) is 4.40. The van der Waals surface area contributed by atoms with Crippen molar-refractivity contribution in [3.63, 3.8) is 0 Å². The Morgan fingerprint density at radius 3 is 2.81 bits per heavy atom. The maximum Gasteiger partial charge on any atom is 0.238 e. The smallest absolute Gasteiger partial charge is 0.238 e. The zero-order valence-corrected chi connectivity index (χ0v) is 11.4. The Balaban J connectivity index is 2.33. The number of nitrogens with one attached hydrogen (secondary N) is 2. The number of aromatic nitrogens is 4. The number of nitrogens with two attached hydrogens (primary N) is 2. The first kappa shape index (κ1) is 13.3. The molecule has 3 aromatic rings. The fraction of sp³-hybridized carbons (Fsp3) is 0. The lowest BCUT2D eigenvalue weighted by atomic mass is 10.3. The van der Waals surface area contributed by atoms with Crippen molar-refractivity contribution in [3.05, 3.63) is 36.2 Å². The first-order valence-corrected chi connectivity index (χ1v) is 7.32. The third-order valence-electron chi connectivity index (χ3n) is 2.94. The van der Waals surface area contributed by atoms with Gasteiger partial charge >= 0.3 is 0 Å². The normalized spacial score (nSPS) is 11.9. The van der Waals surface area contributed by atoms with Crippen molar-refractivity contribution in [1.82, 2.24) is 19.5 Å². The molecule has 0 bridgehead atoms. The molecule has 108 valence electrons. The van der Waals surface area contributed by atoms with Crippen LogP contribution in [0.4, 0.5) is 5.82 Å². The quantitative estimate of drug-likeness (QED) is 0.500. The van der Waals surface area contributed by atoms with Gasteiger partial charge < -0.3 is 10.7 Å². The summed E-state index contributed by atoms with van der Waals surface area (Å²) >= 11 is 0. The Kier molecular flexibility index (Phi) is 2.78. The minimum Gasteiger partial charge on any atom is -0.383 e. The standard InChI is InChI=1S/C11H11N7O2S/c12-9-8-10(16-5-15-8)17-11(13)18(9)6-2-1-3-7(4-6)21(14,19)20/h1-5H,12H2,(H2,14,19,20)(H2,13,15,16,17).